The van der Waals surface area contributed by atoms with E-state index in [0.717, 1.165) is 9.13 Å². The Morgan fingerprint density at radius 3 is 2.70 bits per heavy atom. The average Bonchev–Trinajstić information content (AvgIpc) is 2.48. The van der Waals surface area contributed by atoms with Crippen molar-refractivity contribution in [3.8, 4) is 0 Å². The zero-order valence-electron chi connectivity index (χ0n) is 13.2. The van der Waals surface area contributed by atoms with Crippen molar-refractivity contribution >= 4 is 52.4 Å². The lowest BCUT2D eigenvalue weighted by atomic mass is 10.0. The van der Waals surface area contributed by atoms with E-state index in [1.165, 1.54) is 10.6 Å². The number of nitrogen functional groups attached to an aromatic ring is 1. The second-order valence-electron chi connectivity index (χ2n) is 5.53. The van der Waals surface area contributed by atoms with Crippen molar-refractivity contribution < 1.29 is 4.39 Å². The third-order valence-corrected chi connectivity index (χ3v) is 4.53. The van der Waals surface area contributed by atoms with Gasteiger partial charge in [0, 0.05) is 21.4 Å². The third-order valence-electron chi connectivity index (χ3n) is 3.68. The summed E-state index contributed by atoms with van der Waals surface area (Å²) in [6, 6.07) is 4.83. The lowest BCUT2D eigenvalue weighted by Crippen LogP contribution is -2.26. The Kier molecular flexibility index (Phi) is 5.61. The van der Waals surface area contributed by atoms with Crippen molar-refractivity contribution in [3.63, 3.8) is 0 Å². The summed E-state index contributed by atoms with van der Waals surface area (Å²) in [6.07, 6.45) is 0.570. The lowest BCUT2D eigenvalue weighted by molar-refractivity contribution is 0.630. The van der Waals surface area contributed by atoms with E-state index in [2.05, 4.69) is 17.9 Å². The molecule has 0 saturated heterocycles. The summed E-state index contributed by atoms with van der Waals surface area (Å²) in [5, 5.41) is 3.01. The van der Waals surface area contributed by atoms with Gasteiger partial charge in [0.2, 0.25) is 0 Å². The minimum Gasteiger partial charge on any atom is -0.396 e. The van der Waals surface area contributed by atoms with Gasteiger partial charge in [-0.3, -0.25) is 9.36 Å². The second-order valence-corrected chi connectivity index (χ2v) is 7.66. The summed E-state index contributed by atoms with van der Waals surface area (Å²) in [5.74, 6) is -0.00173. The molecule has 2 rings (SSSR count). The molecular weight excluding hydrogens is 428 g/mol. The number of rotatable bonds is 4. The average molecular weight is 447 g/mol. The predicted molar refractivity (Wildman–Crippen MR) is 105 cm³/mol. The Bertz CT molecular complexity index is 805. The van der Waals surface area contributed by atoms with Gasteiger partial charge in [-0.1, -0.05) is 6.92 Å². The molecule has 0 fully saturated rings. The topological polar surface area (TPSA) is 60.0 Å². The van der Waals surface area contributed by atoms with E-state index < -0.39 is 5.82 Å². The fourth-order valence-corrected chi connectivity index (χ4v) is 3.07. The number of pyridine rings is 1. The Morgan fingerprint density at radius 1 is 1.48 bits per heavy atom. The predicted octanol–water partition coefficient (Wildman–Crippen LogP) is 3.62. The molecule has 0 radical (unpaired) electrons. The highest BCUT2D eigenvalue weighted by molar-refractivity contribution is 14.1. The molecule has 1 aromatic carbocycles. The van der Waals surface area contributed by atoms with Gasteiger partial charge in [0.05, 0.1) is 11.4 Å². The molecule has 0 aliphatic carbocycles. The van der Waals surface area contributed by atoms with E-state index >= 15 is 0 Å². The maximum absolute atomic E-state index is 14.1. The molecule has 7 heteroatoms. The van der Waals surface area contributed by atoms with Crippen molar-refractivity contribution in [2.24, 2.45) is 7.05 Å². The van der Waals surface area contributed by atoms with E-state index in [9.17, 15) is 9.18 Å². The van der Waals surface area contributed by atoms with Crippen molar-refractivity contribution in [2.45, 2.75) is 25.5 Å². The summed E-state index contributed by atoms with van der Waals surface area (Å²) >= 11 is 6.42. The first-order chi connectivity index (χ1) is 10.7. The monoisotopic (exact) mass is 447 g/mol. The van der Waals surface area contributed by atoms with Crippen LogP contribution in [0.2, 0.25) is 0 Å². The van der Waals surface area contributed by atoms with Crippen molar-refractivity contribution in [2.75, 3.05) is 11.1 Å². The summed E-state index contributed by atoms with van der Waals surface area (Å²) in [7, 11) is 1.62. The number of hydrogen-bond donors (Lipinski definition) is 3. The molecule has 1 aromatic heterocycles. The van der Waals surface area contributed by atoms with E-state index in [1.54, 1.807) is 26.1 Å². The van der Waals surface area contributed by atoms with Crippen LogP contribution in [0.4, 0.5) is 21.6 Å². The van der Waals surface area contributed by atoms with E-state index in [1.807, 2.05) is 29.5 Å². The minimum atomic E-state index is -0.395. The number of nitrogens with zero attached hydrogens (tertiary/aromatic N) is 1. The van der Waals surface area contributed by atoms with Crippen LogP contribution in [0.3, 0.4) is 0 Å². The Balaban J connectivity index is 2.58. The fourth-order valence-electron chi connectivity index (χ4n) is 2.44. The van der Waals surface area contributed by atoms with Gasteiger partial charge in [-0.15, -0.1) is 0 Å². The zero-order chi connectivity index (χ0) is 17.3. The Hall–Kier alpha value is -1.22. The molecule has 3 N–H and O–H groups in total. The van der Waals surface area contributed by atoms with Gasteiger partial charge in [-0.2, -0.15) is 12.6 Å². The van der Waals surface area contributed by atoms with Gasteiger partial charge in [-0.25, -0.2) is 4.39 Å². The van der Waals surface area contributed by atoms with Crippen molar-refractivity contribution in [1.29, 1.82) is 0 Å². The second kappa shape index (κ2) is 7.12. The molecule has 4 nitrogen and oxygen atoms in total. The smallest absolute Gasteiger partial charge is 0.255 e. The van der Waals surface area contributed by atoms with Crippen LogP contribution < -0.4 is 16.6 Å². The zero-order valence-corrected chi connectivity index (χ0v) is 16.2. The Labute approximate surface area is 153 Å². The normalized spacial score (nSPS) is 12.3. The highest BCUT2D eigenvalue weighted by Gasteiger charge is 2.18. The molecule has 0 spiro atoms. The molecule has 0 bridgehead atoms. The van der Waals surface area contributed by atoms with Gasteiger partial charge in [0.15, 0.2) is 0 Å². The van der Waals surface area contributed by atoms with Gasteiger partial charge in [-0.05, 0) is 59.7 Å². The maximum Gasteiger partial charge on any atom is 0.255 e. The third kappa shape index (κ3) is 3.82. The quantitative estimate of drug-likeness (QED) is 0.496. The minimum absolute atomic E-state index is 0.0611. The number of hydrogen-bond acceptors (Lipinski definition) is 4. The highest BCUT2D eigenvalue weighted by atomic mass is 127. The largest absolute Gasteiger partial charge is 0.396 e. The van der Waals surface area contributed by atoms with E-state index in [-0.39, 0.29) is 16.5 Å². The number of nitrogens with two attached hydrogens (primary N) is 1. The first-order valence-corrected chi connectivity index (χ1v) is 8.70. The van der Waals surface area contributed by atoms with E-state index in [4.69, 9.17) is 5.73 Å². The number of anilines is 3. The molecule has 0 amide bonds. The molecule has 0 aliphatic heterocycles. The van der Waals surface area contributed by atoms with Gasteiger partial charge in [0.25, 0.3) is 5.56 Å². The van der Waals surface area contributed by atoms with Crippen LogP contribution in [0.15, 0.2) is 23.0 Å². The first-order valence-electron chi connectivity index (χ1n) is 7.10. The number of thiol groups is 1. The maximum atomic E-state index is 14.1. The standard InChI is InChI=1S/C16H19FIN3OS/c1-8(23)6-11-9(2)16(22)21(3)15(14(11)19)20-13-5-4-10(18)7-12(13)17/h4-5,7-8,20,23H,6,19H2,1-3H3. The van der Waals surface area contributed by atoms with Crippen LogP contribution in [0.5, 0.6) is 0 Å². The van der Waals surface area contributed by atoms with Gasteiger partial charge >= 0.3 is 0 Å². The molecule has 124 valence electrons. The van der Waals surface area contributed by atoms with Crippen LogP contribution in [0, 0.1) is 16.3 Å². The molecule has 23 heavy (non-hydrogen) atoms. The number of nitrogens with one attached hydrogen (secondary N) is 1. The summed E-state index contributed by atoms with van der Waals surface area (Å²) in [6.45, 7) is 3.69. The fraction of sp³-hybridized carbons (Fsp3) is 0.312. The van der Waals surface area contributed by atoms with Crippen LogP contribution in [-0.2, 0) is 13.5 Å². The Morgan fingerprint density at radius 2 is 2.13 bits per heavy atom. The number of halogens is 2. The van der Waals surface area contributed by atoms with Crippen LogP contribution in [0.1, 0.15) is 18.1 Å². The first kappa shape index (κ1) is 18.1. The van der Waals surface area contributed by atoms with Gasteiger partial charge < -0.3 is 11.1 Å². The molecule has 1 unspecified atom stereocenters. The molecule has 0 aliphatic rings. The SMILES string of the molecule is Cc1c(CC(C)S)c(N)c(Nc2ccc(I)cc2F)n(C)c1=O. The van der Waals surface area contributed by atoms with Crippen LogP contribution in [-0.4, -0.2) is 9.82 Å². The van der Waals surface area contributed by atoms with E-state index in [0.29, 0.717) is 23.5 Å². The molecule has 2 aromatic rings. The highest BCUT2D eigenvalue weighted by Crippen LogP contribution is 2.29. The molecule has 1 atom stereocenters. The molecular formula is C16H19FIN3OS. The number of aromatic nitrogens is 1. The molecule has 1 heterocycles. The van der Waals surface area contributed by atoms with Crippen molar-refractivity contribution in [1.82, 2.24) is 4.57 Å². The van der Waals surface area contributed by atoms with Crippen molar-refractivity contribution in [3.05, 3.63) is 49.1 Å². The summed E-state index contributed by atoms with van der Waals surface area (Å²) in [4.78, 5) is 12.4. The van der Waals surface area contributed by atoms with Crippen LogP contribution >= 0.6 is 35.2 Å². The lowest BCUT2D eigenvalue weighted by Gasteiger charge is -2.20. The summed E-state index contributed by atoms with van der Waals surface area (Å²) in [5.41, 5.74) is 8.17. The number of benzene rings is 1. The van der Waals surface area contributed by atoms with Gasteiger partial charge in [0.1, 0.15) is 11.6 Å². The molecule has 0 saturated carbocycles. The summed E-state index contributed by atoms with van der Waals surface area (Å²) < 4.78 is 16.3. The van der Waals surface area contributed by atoms with Crippen LogP contribution in [0.25, 0.3) is 0 Å².